The standard InChI is InChI=1S/C26H41N3O5/c1-8-11-17(4)27-23(31)22(19-12-9-10-13-20(19)30)29(18-14-15-18)24(32)21(16(2)3)28-25(33)34-26(5,6)7/h9-10,12-13,16-18,21-22,30H,8,11,14-15H2,1-7H3,(H,27,31)(H,28,33). The van der Waals surface area contributed by atoms with Crippen LogP contribution < -0.4 is 10.6 Å². The van der Waals surface area contributed by atoms with E-state index in [0.29, 0.717) is 5.56 Å². The van der Waals surface area contributed by atoms with Crippen LogP contribution in [0.15, 0.2) is 24.3 Å². The van der Waals surface area contributed by atoms with Crippen molar-refractivity contribution in [2.75, 3.05) is 0 Å². The minimum atomic E-state index is -1.01. The molecule has 3 atom stereocenters. The number of amides is 3. The van der Waals surface area contributed by atoms with Crippen LogP contribution in [0.4, 0.5) is 4.79 Å². The van der Waals surface area contributed by atoms with Gasteiger partial charge in [-0.25, -0.2) is 4.79 Å². The molecule has 3 unspecified atom stereocenters. The van der Waals surface area contributed by atoms with Crippen molar-refractivity contribution in [2.45, 2.75) is 104 Å². The Balaban J connectivity index is 2.43. The van der Waals surface area contributed by atoms with Gasteiger partial charge in [-0.05, 0) is 58.9 Å². The average Bonchev–Trinajstić information content (AvgIpc) is 3.54. The van der Waals surface area contributed by atoms with E-state index in [1.807, 2.05) is 27.7 Å². The summed E-state index contributed by atoms with van der Waals surface area (Å²) in [6.45, 7) is 12.9. The van der Waals surface area contributed by atoms with Crippen molar-refractivity contribution in [3.8, 4) is 5.75 Å². The van der Waals surface area contributed by atoms with Crippen molar-refractivity contribution in [3.05, 3.63) is 29.8 Å². The second kappa shape index (κ2) is 11.6. The first-order valence-electron chi connectivity index (χ1n) is 12.3. The average molecular weight is 476 g/mol. The summed E-state index contributed by atoms with van der Waals surface area (Å²) < 4.78 is 5.38. The highest BCUT2D eigenvalue weighted by Crippen LogP contribution is 2.38. The van der Waals surface area contributed by atoms with E-state index in [-0.39, 0.29) is 35.6 Å². The van der Waals surface area contributed by atoms with E-state index in [1.54, 1.807) is 43.9 Å². The molecule has 0 saturated heterocycles. The summed E-state index contributed by atoms with van der Waals surface area (Å²) in [4.78, 5) is 41.5. The number of carbonyl (C=O) groups is 3. The molecule has 0 spiro atoms. The van der Waals surface area contributed by atoms with Crippen LogP contribution in [0.25, 0.3) is 0 Å². The second-order valence-corrected chi connectivity index (χ2v) is 10.5. The van der Waals surface area contributed by atoms with Gasteiger partial charge < -0.3 is 25.4 Å². The number of rotatable bonds is 10. The molecule has 0 heterocycles. The number of phenols is 1. The van der Waals surface area contributed by atoms with E-state index in [1.165, 1.54) is 6.07 Å². The summed E-state index contributed by atoms with van der Waals surface area (Å²) in [6, 6.07) is 4.47. The number of benzene rings is 1. The number of hydrogen-bond donors (Lipinski definition) is 3. The lowest BCUT2D eigenvalue weighted by Gasteiger charge is -2.36. The highest BCUT2D eigenvalue weighted by atomic mass is 16.6. The Labute approximate surface area is 203 Å². The summed E-state index contributed by atoms with van der Waals surface area (Å²) in [5, 5.41) is 16.3. The van der Waals surface area contributed by atoms with Crippen LogP contribution in [-0.2, 0) is 14.3 Å². The van der Waals surface area contributed by atoms with Crippen LogP contribution in [0.1, 0.15) is 85.8 Å². The van der Waals surface area contributed by atoms with Gasteiger partial charge >= 0.3 is 6.09 Å². The first-order chi connectivity index (χ1) is 15.9. The normalized spacial score (nSPS) is 16.4. The molecule has 0 radical (unpaired) electrons. The number of aromatic hydroxyl groups is 1. The van der Waals surface area contributed by atoms with E-state index in [2.05, 4.69) is 10.6 Å². The first-order valence-corrected chi connectivity index (χ1v) is 12.3. The zero-order chi connectivity index (χ0) is 25.6. The maximum Gasteiger partial charge on any atom is 0.408 e. The molecule has 190 valence electrons. The molecule has 1 saturated carbocycles. The third-order valence-electron chi connectivity index (χ3n) is 5.67. The van der Waals surface area contributed by atoms with Crippen molar-refractivity contribution < 1.29 is 24.2 Å². The number of alkyl carbamates (subject to hydrolysis) is 1. The third-order valence-corrected chi connectivity index (χ3v) is 5.67. The van der Waals surface area contributed by atoms with Crippen molar-refractivity contribution in [2.24, 2.45) is 5.92 Å². The number of nitrogens with zero attached hydrogens (tertiary/aromatic N) is 1. The Bertz CT molecular complexity index is 860. The molecule has 1 fully saturated rings. The number of hydrogen-bond acceptors (Lipinski definition) is 5. The quantitative estimate of drug-likeness (QED) is 0.468. The van der Waals surface area contributed by atoms with Crippen LogP contribution in [0.2, 0.25) is 0 Å². The topological polar surface area (TPSA) is 108 Å². The minimum Gasteiger partial charge on any atom is -0.508 e. The summed E-state index contributed by atoms with van der Waals surface area (Å²) in [5.41, 5.74) is -0.345. The lowest BCUT2D eigenvalue weighted by Crippen LogP contribution is -2.56. The second-order valence-electron chi connectivity index (χ2n) is 10.5. The number of phenolic OH excluding ortho intramolecular Hbond substituents is 1. The molecule has 1 aliphatic rings. The molecule has 8 heteroatoms. The lowest BCUT2D eigenvalue weighted by atomic mass is 9.97. The molecule has 0 aromatic heterocycles. The first kappa shape index (κ1) is 27.5. The van der Waals surface area contributed by atoms with Gasteiger partial charge in [0.15, 0.2) is 0 Å². The summed E-state index contributed by atoms with van der Waals surface area (Å²) >= 11 is 0. The van der Waals surface area contributed by atoms with E-state index in [0.717, 1.165) is 25.7 Å². The predicted molar refractivity (Wildman–Crippen MR) is 131 cm³/mol. The van der Waals surface area contributed by atoms with Crippen molar-refractivity contribution >= 4 is 17.9 Å². The largest absolute Gasteiger partial charge is 0.508 e. The molecule has 34 heavy (non-hydrogen) atoms. The highest BCUT2D eigenvalue weighted by Gasteiger charge is 2.45. The van der Waals surface area contributed by atoms with Gasteiger partial charge in [0.25, 0.3) is 0 Å². The molecule has 1 aliphatic carbocycles. The zero-order valence-electron chi connectivity index (χ0n) is 21.6. The van der Waals surface area contributed by atoms with Crippen molar-refractivity contribution in [3.63, 3.8) is 0 Å². The highest BCUT2D eigenvalue weighted by molar-refractivity contribution is 5.93. The number of para-hydroxylation sites is 1. The molecule has 2 rings (SSSR count). The Morgan fingerprint density at radius 3 is 2.24 bits per heavy atom. The van der Waals surface area contributed by atoms with Gasteiger partial charge in [0, 0.05) is 17.6 Å². The summed E-state index contributed by atoms with van der Waals surface area (Å²) in [7, 11) is 0. The number of ether oxygens (including phenoxy) is 1. The van der Waals surface area contributed by atoms with Gasteiger partial charge in [0.05, 0.1) is 0 Å². The van der Waals surface area contributed by atoms with Gasteiger partial charge in [0.2, 0.25) is 11.8 Å². The van der Waals surface area contributed by atoms with Gasteiger partial charge in [-0.3, -0.25) is 9.59 Å². The molecular formula is C26H41N3O5. The minimum absolute atomic E-state index is 0.0505. The Hall–Kier alpha value is -2.77. The molecule has 1 aromatic rings. The third kappa shape index (κ3) is 7.64. The smallest absolute Gasteiger partial charge is 0.408 e. The fourth-order valence-corrected chi connectivity index (χ4v) is 3.94. The van der Waals surface area contributed by atoms with Gasteiger partial charge in [0.1, 0.15) is 23.4 Å². The van der Waals surface area contributed by atoms with Gasteiger partial charge in [-0.2, -0.15) is 0 Å². The molecule has 0 bridgehead atoms. The molecule has 3 amide bonds. The van der Waals surface area contributed by atoms with Crippen molar-refractivity contribution in [1.82, 2.24) is 15.5 Å². The van der Waals surface area contributed by atoms with Crippen LogP contribution in [0, 0.1) is 5.92 Å². The molecule has 8 nitrogen and oxygen atoms in total. The maximum atomic E-state index is 13.9. The summed E-state index contributed by atoms with van der Waals surface area (Å²) in [6.07, 6.45) is 2.53. The van der Waals surface area contributed by atoms with E-state index in [4.69, 9.17) is 4.74 Å². The van der Waals surface area contributed by atoms with Gasteiger partial charge in [-0.15, -0.1) is 0 Å². The Morgan fingerprint density at radius 2 is 1.74 bits per heavy atom. The monoisotopic (exact) mass is 475 g/mol. The SMILES string of the molecule is CCCC(C)NC(=O)C(c1ccccc1O)N(C(=O)C(NC(=O)OC(C)(C)C)C(C)C)C1CC1. The number of nitrogens with one attached hydrogen (secondary N) is 2. The lowest BCUT2D eigenvalue weighted by molar-refractivity contribution is -0.144. The number of carbonyl (C=O) groups excluding carboxylic acids is 3. The fourth-order valence-electron chi connectivity index (χ4n) is 3.94. The zero-order valence-corrected chi connectivity index (χ0v) is 21.6. The van der Waals surface area contributed by atoms with Crippen LogP contribution >= 0.6 is 0 Å². The van der Waals surface area contributed by atoms with E-state index in [9.17, 15) is 19.5 Å². The van der Waals surface area contributed by atoms with Gasteiger partial charge in [-0.1, -0.05) is 45.4 Å². The van der Waals surface area contributed by atoms with Crippen LogP contribution in [0.5, 0.6) is 5.75 Å². The predicted octanol–water partition coefficient (Wildman–Crippen LogP) is 4.28. The molecule has 1 aromatic carbocycles. The van der Waals surface area contributed by atoms with Crippen LogP contribution in [0.3, 0.4) is 0 Å². The maximum absolute atomic E-state index is 13.9. The molecule has 3 N–H and O–H groups in total. The summed E-state index contributed by atoms with van der Waals surface area (Å²) in [5.74, 6) is -1.00. The molecule has 0 aliphatic heterocycles. The molecular weight excluding hydrogens is 434 g/mol. The van der Waals surface area contributed by atoms with Crippen molar-refractivity contribution in [1.29, 1.82) is 0 Å². The fraction of sp³-hybridized carbons (Fsp3) is 0.654. The van der Waals surface area contributed by atoms with E-state index < -0.39 is 23.8 Å². The van der Waals surface area contributed by atoms with E-state index >= 15 is 0 Å². The Morgan fingerprint density at radius 1 is 1.12 bits per heavy atom. The van der Waals surface area contributed by atoms with Crippen LogP contribution in [-0.4, -0.2) is 51.6 Å². The Kier molecular flexibility index (Phi) is 9.36.